The Morgan fingerprint density at radius 3 is 2.93 bits per heavy atom. The molecule has 0 bridgehead atoms. The third kappa shape index (κ3) is 3.81. The van der Waals surface area contributed by atoms with Gasteiger partial charge in [-0.15, -0.1) is 0 Å². The van der Waals surface area contributed by atoms with Gasteiger partial charge in [0.05, 0.1) is 6.20 Å². The Bertz CT molecular complexity index is 308. The quantitative estimate of drug-likeness (QED) is 0.693. The Labute approximate surface area is 80.6 Å². The number of anilines is 1. The van der Waals surface area contributed by atoms with Crippen molar-refractivity contribution in [3.8, 4) is 0 Å². The minimum absolute atomic E-state index is 0.0452. The number of aromatic amines is 1. The lowest BCUT2D eigenvalue weighted by molar-refractivity contribution is -0.125. The second-order valence-electron chi connectivity index (χ2n) is 2.71. The maximum atomic E-state index is 11.1. The van der Waals surface area contributed by atoms with Crippen molar-refractivity contribution >= 4 is 17.5 Å². The van der Waals surface area contributed by atoms with Gasteiger partial charge in [0, 0.05) is 6.07 Å². The van der Waals surface area contributed by atoms with Crippen LogP contribution in [0, 0.1) is 0 Å². The smallest absolute Gasteiger partial charge is 0.251 e. The summed E-state index contributed by atoms with van der Waals surface area (Å²) in [7, 11) is 0. The van der Waals surface area contributed by atoms with Crippen molar-refractivity contribution in [1.29, 1.82) is 0 Å². The van der Waals surface area contributed by atoms with Crippen LogP contribution in [0.15, 0.2) is 12.3 Å². The summed E-state index contributed by atoms with van der Waals surface area (Å²) >= 11 is 0. The molecular formula is C8H11N3O3. The van der Waals surface area contributed by atoms with E-state index in [1.54, 1.807) is 6.07 Å². The molecule has 0 aliphatic heterocycles. The van der Waals surface area contributed by atoms with E-state index in [-0.39, 0.29) is 24.9 Å². The molecule has 1 amide bonds. The number of nitrogens with zero attached hydrogens (tertiary/aromatic N) is 1. The van der Waals surface area contributed by atoms with E-state index in [4.69, 9.17) is 4.74 Å². The topological polar surface area (TPSA) is 84.1 Å². The summed E-state index contributed by atoms with van der Waals surface area (Å²) in [6, 6.07) is 1.61. The fourth-order valence-corrected chi connectivity index (χ4v) is 0.799. The van der Waals surface area contributed by atoms with Crippen LogP contribution in [-0.2, 0) is 14.3 Å². The number of amides is 1. The fourth-order valence-electron chi connectivity index (χ4n) is 0.799. The van der Waals surface area contributed by atoms with Gasteiger partial charge in [-0.25, -0.2) is 0 Å². The van der Waals surface area contributed by atoms with Crippen LogP contribution in [0.5, 0.6) is 0 Å². The highest BCUT2D eigenvalue weighted by Gasteiger charge is 2.03. The van der Waals surface area contributed by atoms with E-state index in [0.29, 0.717) is 5.82 Å². The van der Waals surface area contributed by atoms with Crippen LogP contribution in [0.1, 0.15) is 6.92 Å². The monoisotopic (exact) mass is 197 g/mol. The number of aromatic nitrogens is 2. The van der Waals surface area contributed by atoms with Crippen LogP contribution >= 0.6 is 0 Å². The zero-order valence-corrected chi connectivity index (χ0v) is 7.74. The minimum Gasteiger partial charge on any atom is -0.364 e. The molecule has 6 nitrogen and oxygen atoms in total. The predicted octanol–water partition coefficient (Wildman–Crippen LogP) is -0.0462. The molecule has 14 heavy (non-hydrogen) atoms. The molecular weight excluding hydrogens is 186 g/mol. The van der Waals surface area contributed by atoms with Crippen molar-refractivity contribution in [2.45, 2.75) is 6.92 Å². The van der Waals surface area contributed by atoms with Crippen molar-refractivity contribution in [2.75, 3.05) is 18.5 Å². The summed E-state index contributed by atoms with van der Waals surface area (Å²) in [5.74, 6) is 0.0660. The second kappa shape index (κ2) is 5.13. The first kappa shape index (κ1) is 10.4. The van der Waals surface area contributed by atoms with E-state index in [1.807, 2.05) is 0 Å². The number of rotatable bonds is 5. The molecule has 2 N–H and O–H groups in total. The van der Waals surface area contributed by atoms with Gasteiger partial charge < -0.3 is 10.1 Å². The number of nitrogens with one attached hydrogen (secondary N) is 2. The number of carbonyl (C=O) groups excluding carboxylic acids is 2. The molecule has 0 saturated carbocycles. The molecule has 1 rings (SSSR count). The molecule has 6 heteroatoms. The molecule has 0 aliphatic rings. The van der Waals surface area contributed by atoms with E-state index in [2.05, 4.69) is 15.5 Å². The molecule has 0 aliphatic carbocycles. The van der Waals surface area contributed by atoms with Crippen molar-refractivity contribution in [3.63, 3.8) is 0 Å². The van der Waals surface area contributed by atoms with Gasteiger partial charge in [-0.1, -0.05) is 0 Å². The highest BCUT2D eigenvalue weighted by atomic mass is 16.5. The number of hydrogen-bond donors (Lipinski definition) is 2. The summed E-state index contributed by atoms with van der Waals surface area (Å²) < 4.78 is 4.81. The van der Waals surface area contributed by atoms with Gasteiger partial charge >= 0.3 is 0 Å². The predicted molar refractivity (Wildman–Crippen MR) is 48.7 cm³/mol. The Morgan fingerprint density at radius 1 is 1.57 bits per heavy atom. The summed E-state index contributed by atoms with van der Waals surface area (Å²) in [6.45, 7) is 1.21. The lowest BCUT2D eigenvalue weighted by Crippen LogP contribution is -2.20. The van der Waals surface area contributed by atoms with Gasteiger partial charge in [-0.05, 0) is 6.92 Å². The molecule has 0 saturated heterocycles. The fraction of sp³-hybridized carbons (Fsp3) is 0.375. The van der Waals surface area contributed by atoms with Gasteiger partial charge in [0.2, 0.25) is 0 Å². The molecule has 0 fully saturated rings. The summed E-state index contributed by atoms with van der Waals surface area (Å²) in [6.07, 6.45) is 1.52. The second-order valence-corrected chi connectivity index (χ2v) is 2.71. The molecule has 0 radical (unpaired) electrons. The number of Topliss-reactive ketones (excluding diaryl/α,β-unsaturated/α-hetero) is 1. The van der Waals surface area contributed by atoms with Crippen LogP contribution in [-0.4, -0.2) is 35.1 Å². The Morgan fingerprint density at radius 2 is 2.36 bits per heavy atom. The standard InChI is InChI=1S/C8H11N3O3/c1-6(12)4-14-5-8(13)10-7-2-3-9-11-7/h2-3H,4-5H2,1H3,(H2,9,10,11,13). The third-order valence-electron chi connectivity index (χ3n) is 1.31. The largest absolute Gasteiger partial charge is 0.364 e. The number of hydrogen-bond acceptors (Lipinski definition) is 4. The van der Waals surface area contributed by atoms with E-state index in [0.717, 1.165) is 0 Å². The third-order valence-corrected chi connectivity index (χ3v) is 1.31. The average Bonchev–Trinajstić information content (AvgIpc) is 2.56. The van der Waals surface area contributed by atoms with E-state index in [1.165, 1.54) is 13.1 Å². The Balaban J connectivity index is 2.20. The lowest BCUT2D eigenvalue weighted by atomic mass is 10.5. The van der Waals surface area contributed by atoms with Gasteiger partial charge in [-0.3, -0.25) is 14.7 Å². The van der Waals surface area contributed by atoms with Crippen molar-refractivity contribution in [2.24, 2.45) is 0 Å². The lowest BCUT2D eigenvalue weighted by Gasteiger charge is -2.02. The Kier molecular flexibility index (Phi) is 3.81. The van der Waals surface area contributed by atoms with Crippen molar-refractivity contribution in [1.82, 2.24) is 10.2 Å². The number of ether oxygens (including phenoxy) is 1. The minimum atomic E-state index is -0.324. The highest BCUT2D eigenvalue weighted by Crippen LogP contribution is 1.97. The first-order valence-corrected chi connectivity index (χ1v) is 4.05. The molecule has 0 spiro atoms. The first-order chi connectivity index (χ1) is 6.68. The van der Waals surface area contributed by atoms with Crippen LogP contribution in [0.25, 0.3) is 0 Å². The maximum Gasteiger partial charge on any atom is 0.251 e. The number of H-pyrrole nitrogens is 1. The average molecular weight is 197 g/mol. The Hall–Kier alpha value is -1.69. The molecule has 0 aromatic carbocycles. The molecule has 1 aromatic heterocycles. The molecule has 1 heterocycles. The molecule has 1 aromatic rings. The van der Waals surface area contributed by atoms with Gasteiger partial charge in [0.25, 0.3) is 5.91 Å². The molecule has 0 atom stereocenters. The summed E-state index contributed by atoms with van der Waals surface area (Å²) in [5, 5.41) is 8.71. The van der Waals surface area contributed by atoms with Gasteiger partial charge in [-0.2, -0.15) is 5.10 Å². The van der Waals surface area contributed by atoms with Gasteiger partial charge in [0.1, 0.15) is 19.0 Å². The van der Waals surface area contributed by atoms with Crippen LogP contribution in [0.4, 0.5) is 5.82 Å². The number of ketones is 1. The van der Waals surface area contributed by atoms with Crippen LogP contribution < -0.4 is 5.32 Å². The van der Waals surface area contributed by atoms with E-state index >= 15 is 0 Å². The zero-order valence-electron chi connectivity index (χ0n) is 7.74. The number of carbonyl (C=O) groups is 2. The molecule has 0 unspecified atom stereocenters. The van der Waals surface area contributed by atoms with Crippen molar-refractivity contribution in [3.05, 3.63) is 12.3 Å². The maximum absolute atomic E-state index is 11.1. The van der Waals surface area contributed by atoms with Gasteiger partial charge in [0.15, 0.2) is 5.78 Å². The first-order valence-electron chi connectivity index (χ1n) is 4.05. The van der Waals surface area contributed by atoms with Crippen LogP contribution in [0.2, 0.25) is 0 Å². The van der Waals surface area contributed by atoms with Crippen molar-refractivity contribution < 1.29 is 14.3 Å². The zero-order chi connectivity index (χ0) is 10.4. The summed E-state index contributed by atoms with van der Waals surface area (Å²) in [4.78, 5) is 21.6. The normalized spacial score (nSPS) is 9.79. The van der Waals surface area contributed by atoms with Crippen LogP contribution in [0.3, 0.4) is 0 Å². The highest BCUT2D eigenvalue weighted by molar-refractivity contribution is 5.90. The molecule has 76 valence electrons. The van der Waals surface area contributed by atoms with E-state index in [9.17, 15) is 9.59 Å². The van der Waals surface area contributed by atoms with E-state index < -0.39 is 0 Å². The SMILES string of the molecule is CC(=O)COCC(=O)Nc1ccn[nH]1. The summed E-state index contributed by atoms with van der Waals surface area (Å²) in [5.41, 5.74) is 0.